The topological polar surface area (TPSA) is 30.9 Å². The highest BCUT2D eigenvalue weighted by Gasteiger charge is 2.36. The highest BCUT2D eigenvalue weighted by atomic mass is 19.4. The van der Waals surface area contributed by atoms with Gasteiger partial charge in [0.2, 0.25) is 0 Å². The summed E-state index contributed by atoms with van der Waals surface area (Å²) in [5.41, 5.74) is 1.87. The van der Waals surface area contributed by atoms with E-state index in [1.807, 2.05) is 42.5 Å². The molecule has 0 saturated carbocycles. The fraction of sp³-hybridized carbons (Fsp3) is 0.400. The number of hydrogen-bond acceptors (Lipinski definition) is 4. The fourth-order valence-corrected chi connectivity index (χ4v) is 5.41. The number of halogens is 3. The number of benzene rings is 3. The molecule has 2 aliphatic rings. The number of rotatable bonds is 7. The Morgan fingerprint density at radius 3 is 2.38 bits per heavy atom. The summed E-state index contributed by atoms with van der Waals surface area (Å²) < 4.78 is 57.9. The Morgan fingerprint density at radius 1 is 0.892 bits per heavy atom. The van der Waals surface area contributed by atoms with Crippen molar-refractivity contribution in [3.05, 3.63) is 89.0 Å². The Morgan fingerprint density at radius 2 is 1.65 bits per heavy atom. The number of hydrogen-bond donors (Lipinski definition) is 0. The van der Waals surface area contributed by atoms with E-state index in [0.717, 1.165) is 42.6 Å². The number of piperidine rings is 1. The van der Waals surface area contributed by atoms with E-state index in [2.05, 4.69) is 4.90 Å². The fourth-order valence-electron chi connectivity index (χ4n) is 5.41. The second-order valence-electron chi connectivity index (χ2n) is 9.74. The molecule has 37 heavy (non-hydrogen) atoms. The number of nitrogens with zero attached hydrogens (tertiary/aromatic N) is 1. The van der Waals surface area contributed by atoms with Crippen LogP contribution in [-0.4, -0.2) is 44.9 Å². The second-order valence-corrected chi connectivity index (χ2v) is 9.74. The number of fused-ring (bicyclic) bond motifs is 1. The van der Waals surface area contributed by atoms with Gasteiger partial charge in [0.1, 0.15) is 23.9 Å². The summed E-state index contributed by atoms with van der Waals surface area (Å²) in [7, 11) is 1.59. The van der Waals surface area contributed by atoms with Crippen LogP contribution in [0.15, 0.2) is 66.7 Å². The first kappa shape index (κ1) is 25.5. The van der Waals surface area contributed by atoms with Crippen LogP contribution in [0.3, 0.4) is 0 Å². The molecule has 3 aromatic carbocycles. The summed E-state index contributed by atoms with van der Waals surface area (Å²) in [6.07, 6.45) is -0.595. The molecule has 0 amide bonds. The van der Waals surface area contributed by atoms with Crippen molar-refractivity contribution in [2.45, 2.75) is 37.3 Å². The van der Waals surface area contributed by atoms with Crippen LogP contribution >= 0.6 is 0 Å². The quantitative estimate of drug-likeness (QED) is 0.346. The van der Waals surface area contributed by atoms with E-state index >= 15 is 0 Å². The molecule has 0 N–H and O–H groups in total. The van der Waals surface area contributed by atoms with Gasteiger partial charge in [0.05, 0.1) is 19.3 Å². The SMILES string of the molecule is COc1ccc2c(c1)OC[C@@H](c1cccc(C(F)(F)F)c1)[C@H]2c1ccc(OCCN2CCCCC2)cc1. The Balaban J connectivity index is 1.41. The highest BCUT2D eigenvalue weighted by molar-refractivity contribution is 5.51. The van der Waals surface area contributed by atoms with Crippen LogP contribution in [0.1, 0.15) is 53.4 Å². The Kier molecular flexibility index (Phi) is 7.60. The molecule has 5 rings (SSSR count). The lowest BCUT2D eigenvalue weighted by Crippen LogP contribution is -2.33. The van der Waals surface area contributed by atoms with E-state index in [1.54, 1.807) is 13.2 Å². The Hall–Kier alpha value is -3.19. The lowest BCUT2D eigenvalue weighted by Gasteiger charge is -2.35. The average molecular weight is 512 g/mol. The van der Waals surface area contributed by atoms with Crippen LogP contribution in [0.5, 0.6) is 17.2 Å². The Labute approximate surface area is 216 Å². The highest BCUT2D eigenvalue weighted by Crippen LogP contribution is 2.47. The third kappa shape index (κ3) is 5.87. The molecule has 0 spiro atoms. The molecule has 4 nitrogen and oxygen atoms in total. The zero-order valence-corrected chi connectivity index (χ0v) is 21.0. The van der Waals surface area contributed by atoms with Crippen LogP contribution in [0.25, 0.3) is 0 Å². The van der Waals surface area contributed by atoms with E-state index in [9.17, 15) is 13.2 Å². The maximum absolute atomic E-state index is 13.5. The second kappa shape index (κ2) is 11.1. The summed E-state index contributed by atoms with van der Waals surface area (Å²) in [5, 5.41) is 0. The molecule has 0 aromatic heterocycles. The molecular weight excluding hydrogens is 479 g/mol. The normalized spacial score (nSPS) is 20.1. The molecule has 0 aliphatic carbocycles. The standard InChI is InChI=1S/C30H32F3NO3/c1-35-25-12-13-26-28(19-25)37-20-27(22-6-5-7-23(18-22)30(31,32)33)29(26)21-8-10-24(11-9-21)36-17-16-34-14-3-2-4-15-34/h5-13,18-19,27,29H,2-4,14-17,20H2,1H3/t27-,29-/m0/s1. The molecule has 0 unspecified atom stereocenters. The first-order chi connectivity index (χ1) is 17.9. The van der Waals surface area contributed by atoms with Crippen molar-refractivity contribution in [3.8, 4) is 17.2 Å². The van der Waals surface area contributed by atoms with Gasteiger partial charge >= 0.3 is 6.18 Å². The minimum absolute atomic E-state index is 0.180. The maximum Gasteiger partial charge on any atom is 0.416 e. The number of methoxy groups -OCH3 is 1. The van der Waals surface area contributed by atoms with E-state index in [0.29, 0.717) is 23.7 Å². The van der Waals surface area contributed by atoms with Gasteiger partial charge in [-0.25, -0.2) is 0 Å². The molecular formula is C30H32F3NO3. The van der Waals surface area contributed by atoms with E-state index in [1.165, 1.54) is 31.4 Å². The smallest absolute Gasteiger partial charge is 0.416 e. The number of alkyl halides is 3. The predicted molar refractivity (Wildman–Crippen MR) is 137 cm³/mol. The van der Waals surface area contributed by atoms with Gasteiger partial charge in [0.15, 0.2) is 0 Å². The third-order valence-electron chi connectivity index (χ3n) is 7.38. The average Bonchev–Trinajstić information content (AvgIpc) is 2.93. The van der Waals surface area contributed by atoms with Crippen LogP contribution in [0.4, 0.5) is 13.2 Å². The summed E-state index contributed by atoms with van der Waals surface area (Å²) in [5.74, 6) is 1.69. The van der Waals surface area contributed by atoms with E-state index in [-0.39, 0.29) is 18.4 Å². The van der Waals surface area contributed by atoms with Gasteiger partial charge in [-0.1, -0.05) is 42.8 Å². The molecule has 7 heteroatoms. The van der Waals surface area contributed by atoms with Gasteiger partial charge in [0.25, 0.3) is 0 Å². The summed E-state index contributed by atoms with van der Waals surface area (Å²) in [6, 6.07) is 19.2. The molecule has 1 saturated heterocycles. The van der Waals surface area contributed by atoms with Crippen LogP contribution in [-0.2, 0) is 6.18 Å². The van der Waals surface area contributed by atoms with Crippen LogP contribution < -0.4 is 14.2 Å². The molecule has 3 aromatic rings. The lowest BCUT2D eigenvalue weighted by atomic mass is 9.75. The van der Waals surface area contributed by atoms with Crippen LogP contribution in [0.2, 0.25) is 0 Å². The van der Waals surface area contributed by atoms with Crippen molar-refractivity contribution >= 4 is 0 Å². The number of ether oxygens (including phenoxy) is 3. The van der Waals surface area contributed by atoms with Crippen molar-refractivity contribution in [1.82, 2.24) is 4.90 Å². The van der Waals surface area contributed by atoms with E-state index < -0.39 is 11.7 Å². The minimum atomic E-state index is -4.40. The van der Waals surface area contributed by atoms with Crippen molar-refractivity contribution in [2.24, 2.45) is 0 Å². The van der Waals surface area contributed by atoms with Crippen molar-refractivity contribution in [3.63, 3.8) is 0 Å². The predicted octanol–water partition coefficient (Wildman–Crippen LogP) is 6.89. The molecule has 2 atom stereocenters. The lowest BCUT2D eigenvalue weighted by molar-refractivity contribution is -0.137. The largest absolute Gasteiger partial charge is 0.497 e. The molecule has 2 aliphatic heterocycles. The minimum Gasteiger partial charge on any atom is -0.497 e. The summed E-state index contributed by atoms with van der Waals surface area (Å²) in [4.78, 5) is 2.44. The number of likely N-dealkylation sites (tertiary alicyclic amines) is 1. The van der Waals surface area contributed by atoms with Gasteiger partial charge in [0, 0.05) is 30.0 Å². The first-order valence-corrected chi connectivity index (χ1v) is 12.9. The monoisotopic (exact) mass is 511 g/mol. The molecule has 1 fully saturated rings. The van der Waals surface area contributed by atoms with E-state index in [4.69, 9.17) is 14.2 Å². The van der Waals surface area contributed by atoms with Gasteiger partial charge < -0.3 is 14.2 Å². The van der Waals surface area contributed by atoms with Gasteiger partial charge in [-0.05, 0) is 61.3 Å². The molecule has 196 valence electrons. The van der Waals surface area contributed by atoms with Gasteiger partial charge in [-0.15, -0.1) is 0 Å². The zero-order chi connectivity index (χ0) is 25.8. The summed E-state index contributed by atoms with van der Waals surface area (Å²) >= 11 is 0. The van der Waals surface area contributed by atoms with Crippen molar-refractivity contribution in [2.75, 3.05) is 40.0 Å². The molecule has 0 radical (unpaired) electrons. The third-order valence-corrected chi connectivity index (χ3v) is 7.38. The molecule has 2 heterocycles. The van der Waals surface area contributed by atoms with Crippen molar-refractivity contribution < 1.29 is 27.4 Å². The van der Waals surface area contributed by atoms with Crippen molar-refractivity contribution in [1.29, 1.82) is 0 Å². The maximum atomic E-state index is 13.5. The van der Waals surface area contributed by atoms with Gasteiger partial charge in [-0.3, -0.25) is 4.90 Å². The Bertz CT molecular complexity index is 1190. The van der Waals surface area contributed by atoms with Gasteiger partial charge in [-0.2, -0.15) is 13.2 Å². The zero-order valence-electron chi connectivity index (χ0n) is 21.0. The van der Waals surface area contributed by atoms with Crippen LogP contribution in [0, 0.1) is 0 Å². The summed E-state index contributed by atoms with van der Waals surface area (Å²) in [6.45, 7) is 4.07. The molecule has 0 bridgehead atoms. The first-order valence-electron chi connectivity index (χ1n) is 12.9.